The monoisotopic (exact) mass is 724 g/mol. The van der Waals surface area contributed by atoms with Gasteiger partial charge < -0.3 is 14.6 Å². The maximum absolute atomic E-state index is 12.9. The van der Waals surface area contributed by atoms with Gasteiger partial charge in [-0.05, 0) is 63.2 Å². The Morgan fingerprint density at radius 2 is 1.19 bits per heavy atom. The normalized spacial score (nSPS) is 17.5. The molecule has 270 valence electrons. The SMILES string of the molecule is O=S(=O)(NCc1cccc(-c2cccc(C3OC(CN(Cc4ccccc4)Cc4ccccc4)CC(c4ccc(CO)cc4)O3)c2)c1)c1ccccc1. The number of sulfonamides is 1. The maximum atomic E-state index is 12.9. The zero-order valence-electron chi connectivity index (χ0n) is 29.5. The van der Waals surface area contributed by atoms with Gasteiger partial charge in [-0.2, -0.15) is 0 Å². The number of ether oxygens (including phenoxy) is 2. The van der Waals surface area contributed by atoms with Crippen molar-refractivity contribution >= 4 is 10.0 Å². The Labute approximate surface area is 312 Å². The molecular formula is C45H44N2O5S. The Morgan fingerprint density at radius 3 is 1.83 bits per heavy atom. The second kappa shape index (κ2) is 17.3. The molecule has 6 aromatic rings. The van der Waals surface area contributed by atoms with E-state index in [1.54, 1.807) is 30.3 Å². The summed E-state index contributed by atoms with van der Waals surface area (Å²) in [5, 5.41) is 9.68. The smallest absolute Gasteiger partial charge is 0.240 e. The standard InChI is InChI=1S/C45H44N2O5S/c48-33-36-22-24-38(25-23-36)44-28-42(32-47(30-34-12-4-1-5-13-34)31-35-14-6-2-7-15-35)51-45(52-44)41-19-11-18-40(27-41)39-17-10-16-37(26-39)29-46-53(49,50)43-20-8-3-9-21-43/h1-27,42,44-46,48H,28-33H2. The van der Waals surface area contributed by atoms with E-state index in [1.165, 1.54) is 11.1 Å². The quantitative estimate of drug-likeness (QED) is 0.117. The van der Waals surface area contributed by atoms with Crippen LogP contribution in [-0.4, -0.2) is 31.1 Å². The molecule has 0 aromatic heterocycles. The van der Waals surface area contributed by atoms with Crippen LogP contribution in [0.1, 0.15) is 52.2 Å². The molecule has 6 aromatic carbocycles. The number of benzene rings is 6. The van der Waals surface area contributed by atoms with Gasteiger partial charge >= 0.3 is 0 Å². The summed E-state index contributed by atoms with van der Waals surface area (Å²) in [4.78, 5) is 2.68. The minimum Gasteiger partial charge on any atom is -0.392 e. The minimum atomic E-state index is -3.64. The number of aliphatic hydroxyl groups is 1. The lowest BCUT2D eigenvalue weighted by Gasteiger charge is -2.38. The summed E-state index contributed by atoms with van der Waals surface area (Å²) < 4.78 is 42.0. The van der Waals surface area contributed by atoms with Crippen molar-refractivity contribution in [3.63, 3.8) is 0 Å². The van der Waals surface area contributed by atoms with Crippen LogP contribution in [-0.2, 0) is 45.7 Å². The predicted molar refractivity (Wildman–Crippen MR) is 208 cm³/mol. The fourth-order valence-electron chi connectivity index (χ4n) is 6.78. The number of nitrogens with one attached hydrogen (secondary N) is 1. The molecule has 0 spiro atoms. The highest BCUT2D eigenvalue weighted by molar-refractivity contribution is 7.89. The van der Waals surface area contributed by atoms with E-state index in [4.69, 9.17) is 9.47 Å². The van der Waals surface area contributed by atoms with Crippen molar-refractivity contribution in [3.05, 3.63) is 197 Å². The van der Waals surface area contributed by atoms with Crippen molar-refractivity contribution in [1.82, 2.24) is 9.62 Å². The van der Waals surface area contributed by atoms with Gasteiger partial charge in [0.15, 0.2) is 6.29 Å². The molecule has 7 rings (SSSR count). The lowest BCUT2D eigenvalue weighted by atomic mass is 9.98. The van der Waals surface area contributed by atoms with E-state index in [0.717, 1.165) is 46.5 Å². The van der Waals surface area contributed by atoms with E-state index < -0.39 is 16.3 Å². The molecule has 1 heterocycles. The van der Waals surface area contributed by atoms with Crippen LogP contribution in [0.15, 0.2) is 169 Å². The van der Waals surface area contributed by atoms with Crippen molar-refractivity contribution in [2.45, 2.75) is 56.1 Å². The summed E-state index contributed by atoms with van der Waals surface area (Å²) in [6, 6.07) is 53.5. The summed E-state index contributed by atoms with van der Waals surface area (Å²) in [6.45, 7) is 2.42. The third-order valence-electron chi connectivity index (χ3n) is 9.51. The summed E-state index contributed by atoms with van der Waals surface area (Å²) in [7, 11) is -3.64. The molecule has 0 aliphatic carbocycles. The second-order valence-electron chi connectivity index (χ2n) is 13.5. The zero-order chi connectivity index (χ0) is 36.5. The molecule has 0 bridgehead atoms. The lowest BCUT2D eigenvalue weighted by molar-refractivity contribution is -0.253. The third kappa shape index (κ3) is 9.74. The highest BCUT2D eigenvalue weighted by atomic mass is 32.2. The van der Waals surface area contributed by atoms with Crippen molar-refractivity contribution in [3.8, 4) is 11.1 Å². The fraction of sp³-hybridized carbons (Fsp3) is 0.200. The molecule has 3 unspecified atom stereocenters. The van der Waals surface area contributed by atoms with Crippen molar-refractivity contribution in [1.29, 1.82) is 0 Å². The predicted octanol–water partition coefficient (Wildman–Crippen LogP) is 8.57. The third-order valence-corrected chi connectivity index (χ3v) is 10.9. The first-order valence-corrected chi connectivity index (χ1v) is 19.4. The number of aliphatic hydroxyl groups excluding tert-OH is 1. The van der Waals surface area contributed by atoms with Crippen LogP contribution in [0.25, 0.3) is 11.1 Å². The molecule has 0 radical (unpaired) electrons. The first-order valence-electron chi connectivity index (χ1n) is 18.0. The number of rotatable bonds is 14. The molecule has 1 aliphatic heterocycles. The van der Waals surface area contributed by atoms with Crippen LogP contribution in [0.3, 0.4) is 0 Å². The van der Waals surface area contributed by atoms with E-state index in [9.17, 15) is 13.5 Å². The molecule has 1 aliphatic rings. The Hall–Kier alpha value is -4.93. The zero-order valence-corrected chi connectivity index (χ0v) is 30.3. The van der Waals surface area contributed by atoms with E-state index in [-0.39, 0.29) is 30.3 Å². The van der Waals surface area contributed by atoms with Gasteiger partial charge in [0.1, 0.15) is 0 Å². The highest BCUT2D eigenvalue weighted by Gasteiger charge is 2.33. The lowest BCUT2D eigenvalue weighted by Crippen LogP contribution is -2.39. The Kier molecular flexibility index (Phi) is 11.9. The summed E-state index contributed by atoms with van der Waals surface area (Å²) in [5.74, 6) is 0. The van der Waals surface area contributed by atoms with Crippen LogP contribution in [0.5, 0.6) is 0 Å². The van der Waals surface area contributed by atoms with Crippen LogP contribution in [0, 0.1) is 0 Å². The second-order valence-corrected chi connectivity index (χ2v) is 15.2. The van der Waals surface area contributed by atoms with E-state index >= 15 is 0 Å². The van der Waals surface area contributed by atoms with Gasteiger partial charge in [0.25, 0.3) is 0 Å². The molecular weight excluding hydrogens is 681 g/mol. The molecule has 7 nitrogen and oxygen atoms in total. The van der Waals surface area contributed by atoms with E-state index in [0.29, 0.717) is 13.0 Å². The van der Waals surface area contributed by atoms with Crippen molar-refractivity contribution < 1.29 is 23.0 Å². The average molecular weight is 725 g/mol. The van der Waals surface area contributed by atoms with Gasteiger partial charge in [0.05, 0.1) is 23.7 Å². The van der Waals surface area contributed by atoms with E-state index in [2.05, 4.69) is 64.2 Å². The van der Waals surface area contributed by atoms with Gasteiger partial charge in [0.2, 0.25) is 10.0 Å². The molecule has 0 saturated carbocycles. The summed E-state index contributed by atoms with van der Waals surface area (Å²) >= 11 is 0. The van der Waals surface area contributed by atoms with Crippen molar-refractivity contribution in [2.75, 3.05) is 6.54 Å². The number of hydrogen-bond donors (Lipinski definition) is 2. The largest absolute Gasteiger partial charge is 0.392 e. The molecule has 0 amide bonds. The van der Waals surface area contributed by atoms with Gasteiger partial charge in [0, 0.05) is 38.2 Å². The topological polar surface area (TPSA) is 88.1 Å². The van der Waals surface area contributed by atoms with Gasteiger partial charge in [-0.1, -0.05) is 140 Å². The molecule has 1 saturated heterocycles. The highest BCUT2D eigenvalue weighted by Crippen LogP contribution is 2.39. The molecule has 1 fully saturated rings. The first kappa shape index (κ1) is 36.4. The average Bonchev–Trinajstić information content (AvgIpc) is 3.21. The summed E-state index contributed by atoms with van der Waals surface area (Å²) in [6.07, 6.45) is -0.289. The van der Waals surface area contributed by atoms with E-state index in [1.807, 2.05) is 78.9 Å². The van der Waals surface area contributed by atoms with Gasteiger partial charge in [-0.25, -0.2) is 13.1 Å². The Balaban J connectivity index is 1.13. The summed E-state index contributed by atoms with van der Waals surface area (Å²) in [5.41, 5.74) is 8.07. The van der Waals surface area contributed by atoms with Crippen LogP contribution in [0.4, 0.5) is 0 Å². The first-order chi connectivity index (χ1) is 25.9. The molecule has 2 N–H and O–H groups in total. The molecule has 53 heavy (non-hydrogen) atoms. The minimum absolute atomic E-state index is 0.0129. The molecule has 8 heteroatoms. The number of nitrogens with zero attached hydrogens (tertiary/aromatic N) is 1. The Morgan fingerprint density at radius 1 is 0.604 bits per heavy atom. The maximum Gasteiger partial charge on any atom is 0.240 e. The van der Waals surface area contributed by atoms with Gasteiger partial charge in [-0.3, -0.25) is 4.90 Å². The Bertz CT molecular complexity index is 2120. The van der Waals surface area contributed by atoms with Crippen molar-refractivity contribution in [2.24, 2.45) is 0 Å². The fourth-order valence-corrected chi connectivity index (χ4v) is 7.82. The molecule has 3 atom stereocenters. The van der Waals surface area contributed by atoms with Crippen LogP contribution < -0.4 is 4.72 Å². The van der Waals surface area contributed by atoms with Crippen LogP contribution >= 0.6 is 0 Å². The number of hydrogen-bond acceptors (Lipinski definition) is 6. The van der Waals surface area contributed by atoms with Crippen LogP contribution in [0.2, 0.25) is 0 Å². The van der Waals surface area contributed by atoms with Gasteiger partial charge in [-0.15, -0.1) is 0 Å².